The monoisotopic (exact) mass is 319 g/mol. The van der Waals surface area contributed by atoms with Crippen LogP contribution in [0.3, 0.4) is 0 Å². The Balaban J connectivity index is 1.90. The van der Waals surface area contributed by atoms with Gasteiger partial charge in [-0.1, -0.05) is 12.1 Å². The van der Waals surface area contributed by atoms with Crippen molar-refractivity contribution in [3.8, 4) is 11.3 Å². The molecule has 21 heavy (non-hydrogen) atoms. The Kier molecular flexibility index (Phi) is 3.52. The van der Waals surface area contributed by atoms with Crippen molar-refractivity contribution < 1.29 is 8.42 Å². The van der Waals surface area contributed by atoms with E-state index in [2.05, 4.69) is 14.9 Å². The lowest BCUT2D eigenvalue weighted by atomic mass is 10.1. The first-order chi connectivity index (χ1) is 10.0. The van der Waals surface area contributed by atoms with Crippen molar-refractivity contribution in [2.75, 3.05) is 4.72 Å². The van der Waals surface area contributed by atoms with E-state index in [0.29, 0.717) is 9.90 Å². The van der Waals surface area contributed by atoms with E-state index >= 15 is 0 Å². The molecule has 2 aromatic heterocycles. The van der Waals surface area contributed by atoms with Crippen LogP contribution in [-0.4, -0.2) is 18.6 Å². The number of hydrogen-bond acceptors (Lipinski definition) is 4. The summed E-state index contributed by atoms with van der Waals surface area (Å²) in [5, 5.41) is 6.74. The number of nitrogens with one attached hydrogen (secondary N) is 2. The second-order valence-corrected chi connectivity index (χ2v) is 7.72. The van der Waals surface area contributed by atoms with E-state index in [9.17, 15) is 8.42 Å². The molecule has 0 bridgehead atoms. The first kappa shape index (κ1) is 13.8. The topological polar surface area (TPSA) is 74.8 Å². The molecule has 7 heteroatoms. The van der Waals surface area contributed by atoms with Crippen LogP contribution in [0.15, 0.2) is 52.9 Å². The van der Waals surface area contributed by atoms with Crippen molar-refractivity contribution in [2.24, 2.45) is 0 Å². The van der Waals surface area contributed by atoms with Crippen LogP contribution >= 0.6 is 11.3 Å². The van der Waals surface area contributed by atoms with Crippen LogP contribution < -0.4 is 4.72 Å². The molecule has 0 radical (unpaired) electrons. The number of benzene rings is 1. The minimum absolute atomic E-state index is 0.312. The first-order valence-electron chi connectivity index (χ1n) is 6.24. The number of nitrogens with zero attached hydrogens (tertiary/aromatic N) is 1. The smallest absolute Gasteiger partial charge is 0.271 e. The first-order valence-corrected chi connectivity index (χ1v) is 8.54. The molecule has 0 aliphatic rings. The molecule has 0 aliphatic carbocycles. The highest BCUT2D eigenvalue weighted by Crippen LogP contribution is 2.25. The van der Waals surface area contributed by atoms with Gasteiger partial charge < -0.3 is 0 Å². The highest BCUT2D eigenvalue weighted by atomic mass is 32.2. The minimum Gasteiger partial charge on any atom is -0.279 e. The van der Waals surface area contributed by atoms with Crippen LogP contribution in [0.2, 0.25) is 0 Å². The number of aromatic nitrogens is 2. The highest BCUT2D eigenvalue weighted by molar-refractivity contribution is 7.94. The van der Waals surface area contributed by atoms with Crippen LogP contribution in [0.4, 0.5) is 5.69 Å². The molecule has 0 fully saturated rings. The third-order valence-corrected chi connectivity index (χ3v) is 5.78. The SMILES string of the molecule is Cc1ccc(S(=O)(=O)Nc2cccc(-c3ccn[nH]3)c2)s1. The maximum absolute atomic E-state index is 12.3. The molecule has 0 atom stereocenters. The number of aryl methyl sites for hydroxylation is 1. The number of rotatable bonds is 4. The van der Waals surface area contributed by atoms with E-state index in [0.717, 1.165) is 16.1 Å². The van der Waals surface area contributed by atoms with Gasteiger partial charge in [0.1, 0.15) is 4.21 Å². The molecule has 5 nitrogen and oxygen atoms in total. The number of thiophene rings is 1. The standard InChI is InChI=1S/C14H13N3O2S2/c1-10-5-6-14(20-10)21(18,19)17-12-4-2-3-11(9-12)13-7-8-15-16-13/h2-9,17H,1H3,(H,15,16). The largest absolute Gasteiger partial charge is 0.279 e. The minimum atomic E-state index is -3.54. The molecule has 0 saturated heterocycles. The van der Waals surface area contributed by atoms with E-state index in [4.69, 9.17) is 0 Å². The average molecular weight is 319 g/mol. The zero-order valence-corrected chi connectivity index (χ0v) is 12.8. The second-order valence-electron chi connectivity index (χ2n) is 4.52. The molecule has 2 N–H and O–H groups in total. The van der Waals surface area contributed by atoms with Gasteiger partial charge in [0.2, 0.25) is 0 Å². The number of aromatic amines is 1. The predicted octanol–water partition coefficient (Wildman–Crippen LogP) is 3.25. The molecule has 108 valence electrons. The van der Waals surface area contributed by atoms with Crippen LogP contribution in [0.5, 0.6) is 0 Å². The molecule has 0 amide bonds. The van der Waals surface area contributed by atoms with E-state index in [1.807, 2.05) is 19.1 Å². The molecule has 3 aromatic rings. The lowest BCUT2D eigenvalue weighted by molar-refractivity contribution is 0.603. The van der Waals surface area contributed by atoms with Gasteiger partial charge in [-0.15, -0.1) is 11.3 Å². The number of sulfonamides is 1. The third-order valence-electron chi connectivity index (χ3n) is 2.91. The molecule has 3 rings (SSSR count). The van der Waals surface area contributed by atoms with E-state index in [1.165, 1.54) is 11.3 Å². The van der Waals surface area contributed by atoms with Gasteiger partial charge in [-0.3, -0.25) is 9.82 Å². The van der Waals surface area contributed by atoms with Gasteiger partial charge in [0.25, 0.3) is 10.0 Å². The van der Waals surface area contributed by atoms with Gasteiger partial charge in [0, 0.05) is 22.3 Å². The fourth-order valence-electron chi connectivity index (χ4n) is 1.93. The van der Waals surface area contributed by atoms with Gasteiger partial charge in [0.15, 0.2) is 0 Å². The van der Waals surface area contributed by atoms with Crippen molar-refractivity contribution in [3.63, 3.8) is 0 Å². The number of anilines is 1. The Labute approximate surface area is 126 Å². The van der Waals surface area contributed by atoms with E-state index < -0.39 is 10.0 Å². The van der Waals surface area contributed by atoms with Crippen molar-refractivity contribution in [2.45, 2.75) is 11.1 Å². The summed E-state index contributed by atoms with van der Waals surface area (Å²) in [4.78, 5) is 0.960. The summed E-state index contributed by atoms with van der Waals surface area (Å²) < 4.78 is 27.5. The highest BCUT2D eigenvalue weighted by Gasteiger charge is 2.16. The summed E-state index contributed by atoms with van der Waals surface area (Å²) in [6.45, 7) is 1.88. The fourth-order valence-corrected chi connectivity index (χ4v) is 4.26. The van der Waals surface area contributed by atoms with Crippen LogP contribution in [0, 0.1) is 6.92 Å². The fraction of sp³-hybridized carbons (Fsp3) is 0.0714. The van der Waals surface area contributed by atoms with Crippen molar-refractivity contribution in [3.05, 3.63) is 53.5 Å². The Morgan fingerprint density at radius 1 is 1.19 bits per heavy atom. The van der Waals surface area contributed by atoms with Crippen LogP contribution in [-0.2, 0) is 10.0 Å². The van der Waals surface area contributed by atoms with Gasteiger partial charge >= 0.3 is 0 Å². The molecule has 0 aliphatic heterocycles. The van der Waals surface area contributed by atoms with Crippen LogP contribution in [0.25, 0.3) is 11.3 Å². The summed E-state index contributed by atoms with van der Waals surface area (Å²) >= 11 is 1.25. The number of hydrogen-bond donors (Lipinski definition) is 2. The van der Waals surface area contributed by atoms with E-state index in [-0.39, 0.29) is 0 Å². The molecule has 0 saturated carbocycles. The summed E-state index contributed by atoms with van der Waals surface area (Å²) in [5.41, 5.74) is 2.23. The van der Waals surface area contributed by atoms with Gasteiger partial charge in [0.05, 0.1) is 5.69 Å². The summed E-state index contributed by atoms with van der Waals surface area (Å²) in [7, 11) is -3.54. The second kappa shape index (κ2) is 5.34. The Hall–Kier alpha value is -2.12. The summed E-state index contributed by atoms with van der Waals surface area (Å²) in [5.74, 6) is 0. The van der Waals surface area contributed by atoms with Crippen LogP contribution in [0.1, 0.15) is 4.88 Å². The number of H-pyrrole nitrogens is 1. The quantitative estimate of drug-likeness (QED) is 0.775. The van der Waals surface area contributed by atoms with Crippen molar-refractivity contribution in [1.29, 1.82) is 0 Å². The zero-order chi connectivity index (χ0) is 14.9. The third kappa shape index (κ3) is 2.98. The Morgan fingerprint density at radius 2 is 2.05 bits per heavy atom. The maximum Gasteiger partial charge on any atom is 0.271 e. The van der Waals surface area contributed by atoms with E-state index in [1.54, 1.807) is 36.5 Å². The molecular weight excluding hydrogens is 306 g/mol. The zero-order valence-electron chi connectivity index (χ0n) is 11.2. The molecule has 1 aromatic carbocycles. The summed E-state index contributed by atoms with van der Waals surface area (Å²) in [6.07, 6.45) is 1.65. The summed E-state index contributed by atoms with van der Waals surface area (Å²) in [6, 6.07) is 12.4. The van der Waals surface area contributed by atoms with Gasteiger partial charge in [-0.2, -0.15) is 5.10 Å². The maximum atomic E-state index is 12.3. The molecular formula is C14H13N3O2S2. The predicted molar refractivity (Wildman–Crippen MR) is 83.9 cm³/mol. The molecule has 0 spiro atoms. The lowest BCUT2D eigenvalue weighted by Crippen LogP contribution is -2.11. The Morgan fingerprint density at radius 3 is 2.71 bits per heavy atom. The molecule has 2 heterocycles. The van der Waals surface area contributed by atoms with Gasteiger partial charge in [-0.25, -0.2) is 8.42 Å². The normalized spacial score (nSPS) is 11.5. The molecule has 0 unspecified atom stereocenters. The van der Waals surface area contributed by atoms with Crippen molar-refractivity contribution >= 4 is 27.0 Å². The average Bonchev–Trinajstić information content (AvgIpc) is 3.09. The lowest BCUT2D eigenvalue weighted by Gasteiger charge is -2.07. The Bertz CT molecular complexity index is 852. The van der Waals surface area contributed by atoms with Gasteiger partial charge in [-0.05, 0) is 37.3 Å². The van der Waals surface area contributed by atoms with Crippen molar-refractivity contribution in [1.82, 2.24) is 10.2 Å².